The first-order valence-corrected chi connectivity index (χ1v) is 8.32. The predicted molar refractivity (Wildman–Crippen MR) is 88.3 cm³/mol. The van der Waals surface area contributed by atoms with Crippen LogP contribution < -0.4 is 0 Å². The number of rotatable bonds is 8. The van der Waals surface area contributed by atoms with Crippen LogP contribution in [-0.4, -0.2) is 21.1 Å². The molecule has 0 saturated carbocycles. The van der Waals surface area contributed by atoms with E-state index in [0.29, 0.717) is 29.5 Å². The summed E-state index contributed by atoms with van der Waals surface area (Å²) in [5.74, 6) is 0.685. The number of carbonyl (C=O) groups excluding carboxylic acids is 1. The Morgan fingerprint density at radius 1 is 1.23 bits per heavy atom. The summed E-state index contributed by atoms with van der Waals surface area (Å²) in [5, 5.41) is 3.78. The fourth-order valence-electron chi connectivity index (χ4n) is 2.31. The van der Waals surface area contributed by atoms with E-state index in [0.717, 1.165) is 6.42 Å². The fraction of sp³-hybridized carbons (Fsp3) is 0.333. The van der Waals surface area contributed by atoms with Gasteiger partial charge in [-0.05, 0) is 18.6 Å². The predicted octanol–water partition coefficient (Wildman–Crippen LogP) is 3.49. The van der Waals surface area contributed by atoms with Crippen LogP contribution in [0.15, 0.2) is 39.4 Å². The quantitative estimate of drug-likeness (QED) is 0.569. The summed E-state index contributed by atoms with van der Waals surface area (Å²) in [6, 6.07) is 6.26. The molecule has 2 heterocycles. The van der Waals surface area contributed by atoms with Crippen molar-refractivity contribution in [2.75, 3.05) is 0 Å². The highest BCUT2D eigenvalue weighted by Gasteiger charge is 2.13. The molecule has 0 bridgehead atoms. The van der Waals surface area contributed by atoms with Crippen LogP contribution in [0.1, 0.15) is 37.4 Å². The molecule has 3 aromatic rings. The number of benzene rings is 1. The monoisotopic (exact) mass is 359 g/mol. The first-order valence-electron chi connectivity index (χ1n) is 8.32. The molecule has 0 atom stereocenters. The Morgan fingerprint density at radius 3 is 2.88 bits per heavy atom. The third kappa shape index (κ3) is 4.53. The average molecular weight is 359 g/mol. The van der Waals surface area contributed by atoms with Gasteiger partial charge in [0.1, 0.15) is 5.82 Å². The van der Waals surface area contributed by atoms with Crippen molar-refractivity contribution in [3.05, 3.63) is 53.9 Å². The van der Waals surface area contributed by atoms with Crippen LogP contribution in [0.2, 0.25) is 0 Å². The molecule has 26 heavy (non-hydrogen) atoms. The topological polar surface area (TPSA) is 91.2 Å². The maximum absolute atomic E-state index is 13.7. The standard InChI is InChI=1S/C18H18FN3O4/c1-2-5-15-21-17(26-22-15)11-24-18(23)9-8-16-20-10-14(25-16)12-6-3-4-7-13(12)19/h3-4,6-7,10H,2,5,8-9,11H2,1H3. The third-order valence-corrected chi connectivity index (χ3v) is 3.58. The van der Waals surface area contributed by atoms with Crippen molar-refractivity contribution in [3.8, 4) is 11.3 Å². The summed E-state index contributed by atoms with van der Waals surface area (Å²) in [5.41, 5.74) is 0.327. The Kier molecular flexibility index (Phi) is 5.73. The molecule has 0 N–H and O–H groups in total. The molecule has 1 aromatic carbocycles. The minimum Gasteiger partial charge on any atom is -0.456 e. The van der Waals surface area contributed by atoms with E-state index in [1.807, 2.05) is 6.92 Å². The largest absolute Gasteiger partial charge is 0.456 e. The van der Waals surface area contributed by atoms with Gasteiger partial charge in [-0.25, -0.2) is 9.37 Å². The lowest BCUT2D eigenvalue weighted by Crippen LogP contribution is -2.06. The molecule has 7 nitrogen and oxygen atoms in total. The molecule has 136 valence electrons. The fourth-order valence-corrected chi connectivity index (χ4v) is 2.31. The maximum Gasteiger partial charge on any atom is 0.306 e. The Bertz CT molecular complexity index is 875. The maximum atomic E-state index is 13.7. The number of hydrogen-bond acceptors (Lipinski definition) is 7. The molecule has 8 heteroatoms. The second-order valence-corrected chi connectivity index (χ2v) is 5.61. The minimum absolute atomic E-state index is 0.0678. The lowest BCUT2D eigenvalue weighted by molar-refractivity contribution is -0.145. The van der Waals surface area contributed by atoms with E-state index in [4.69, 9.17) is 13.7 Å². The van der Waals surface area contributed by atoms with Gasteiger partial charge >= 0.3 is 5.97 Å². The highest BCUT2D eigenvalue weighted by molar-refractivity contribution is 5.69. The lowest BCUT2D eigenvalue weighted by Gasteiger charge is -2.00. The molecule has 0 aliphatic carbocycles. The van der Waals surface area contributed by atoms with Crippen LogP contribution in [-0.2, 0) is 29.0 Å². The molecule has 0 aliphatic rings. The van der Waals surface area contributed by atoms with Crippen molar-refractivity contribution in [1.29, 1.82) is 0 Å². The molecule has 0 saturated heterocycles. The van der Waals surface area contributed by atoms with Crippen LogP contribution in [0.3, 0.4) is 0 Å². The zero-order valence-electron chi connectivity index (χ0n) is 14.3. The van der Waals surface area contributed by atoms with Gasteiger partial charge in [0.05, 0.1) is 18.2 Å². The summed E-state index contributed by atoms with van der Waals surface area (Å²) in [7, 11) is 0. The molecule has 0 fully saturated rings. The van der Waals surface area contributed by atoms with Gasteiger partial charge in [0.15, 0.2) is 24.1 Å². The van der Waals surface area contributed by atoms with E-state index in [-0.39, 0.29) is 25.3 Å². The molecule has 0 amide bonds. The van der Waals surface area contributed by atoms with Gasteiger partial charge in [-0.1, -0.05) is 24.2 Å². The van der Waals surface area contributed by atoms with Gasteiger partial charge in [0, 0.05) is 12.8 Å². The number of nitrogens with zero attached hydrogens (tertiary/aromatic N) is 3. The van der Waals surface area contributed by atoms with Crippen molar-refractivity contribution in [3.63, 3.8) is 0 Å². The zero-order valence-corrected chi connectivity index (χ0v) is 14.3. The highest BCUT2D eigenvalue weighted by atomic mass is 19.1. The van der Waals surface area contributed by atoms with Gasteiger partial charge < -0.3 is 13.7 Å². The number of esters is 1. The Hall–Kier alpha value is -3.03. The first kappa shape index (κ1) is 17.8. The van der Waals surface area contributed by atoms with Crippen molar-refractivity contribution in [2.45, 2.75) is 39.2 Å². The van der Waals surface area contributed by atoms with Crippen molar-refractivity contribution in [1.82, 2.24) is 15.1 Å². The number of hydrogen-bond donors (Lipinski definition) is 0. The summed E-state index contributed by atoms with van der Waals surface area (Å²) >= 11 is 0. The molecular formula is C18H18FN3O4. The van der Waals surface area contributed by atoms with Crippen molar-refractivity contribution in [2.24, 2.45) is 0 Å². The van der Waals surface area contributed by atoms with Crippen LogP contribution in [0.4, 0.5) is 4.39 Å². The summed E-state index contributed by atoms with van der Waals surface area (Å²) in [6.45, 7) is 1.94. The smallest absolute Gasteiger partial charge is 0.306 e. The second-order valence-electron chi connectivity index (χ2n) is 5.61. The van der Waals surface area contributed by atoms with Gasteiger partial charge in [0.25, 0.3) is 5.89 Å². The van der Waals surface area contributed by atoms with Crippen molar-refractivity contribution >= 4 is 5.97 Å². The Balaban J connectivity index is 1.48. The van der Waals surface area contributed by atoms with Gasteiger partial charge in [-0.15, -0.1) is 0 Å². The van der Waals surface area contributed by atoms with Crippen LogP contribution in [0, 0.1) is 5.82 Å². The number of aryl methyl sites for hydroxylation is 2. The van der Waals surface area contributed by atoms with Crippen LogP contribution in [0.25, 0.3) is 11.3 Å². The summed E-state index contributed by atoms with van der Waals surface area (Å²) in [4.78, 5) is 20.0. The Morgan fingerprint density at radius 2 is 2.08 bits per heavy atom. The SMILES string of the molecule is CCCc1noc(COC(=O)CCc2ncc(-c3ccccc3F)o2)n1. The minimum atomic E-state index is -0.439. The van der Waals surface area contributed by atoms with E-state index >= 15 is 0 Å². The van der Waals surface area contributed by atoms with Gasteiger partial charge in [-0.3, -0.25) is 4.79 Å². The molecule has 0 spiro atoms. The number of halogens is 1. The number of aromatic nitrogens is 3. The van der Waals surface area contributed by atoms with E-state index in [2.05, 4.69) is 15.1 Å². The van der Waals surface area contributed by atoms with E-state index in [1.54, 1.807) is 18.2 Å². The Labute approximate surface area is 149 Å². The van der Waals surface area contributed by atoms with Gasteiger partial charge in [-0.2, -0.15) is 4.98 Å². The second kappa shape index (κ2) is 8.37. The molecule has 2 aromatic heterocycles. The van der Waals surface area contributed by atoms with E-state index in [9.17, 15) is 9.18 Å². The molecule has 3 rings (SSSR count). The first-order chi connectivity index (χ1) is 12.7. The third-order valence-electron chi connectivity index (χ3n) is 3.58. The molecule has 0 radical (unpaired) electrons. The normalized spacial score (nSPS) is 10.8. The number of carbonyl (C=O) groups is 1. The number of oxazole rings is 1. The molecular weight excluding hydrogens is 341 g/mol. The molecule has 0 unspecified atom stereocenters. The molecule has 0 aliphatic heterocycles. The lowest BCUT2D eigenvalue weighted by atomic mass is 10.2. The summed E-state index contributed by atoms with van der Waals surface area (Å²) in [6.07, 6.45) is 3.38. The highest BCUT2D eigenvalue weighted by Crippen LogP contribution is 2.23. The van der Waals surface area contributed by atoms with Gasteiger partial charge in [0.2, 0.25) is 0 Å². The number of ether oxygens (including phenoxy) is 1. The average Bonchev–Trinajstić information content (AvgIpc) is 3.28. The zero-order chi connectivity index (χ0) is 18.4. The summed E-state index contributed by atoms with van der Waals surface area (Å²) < 4.78 is 29.3. The van der Waals surface area contributed by atoms with Crippen LogP contribution in [0.5, 0.6) is 0 Å². The van der Waals surface area contributed by atoms with E-state index < -0.39 is 11.8 Å². The van der Waals surface area contributed by atoms with E-state index in [1.165, 1.54) is 12.3 Å². The van der Waals surface area contributed by atoms with Crippen LogP contribution >= 0.6 is 0 Å². The van der Waals surface area contributed by atoms with Crippen molar-refractivity contribution < 1.29 is 22.9 Å².